The van der Waals surface area contributed by atoms with Crippen LogP contribution in [0.5, 0.6) is 5.75 Å². The Kier molecular flexibility index (Phi) is 7.17. The molecule has 4 aromatic carbocycles. The Morgan fingerprint density at radius 1 is 0.757 bits per heavy atom. The van der Waals surface area contributed by atoms with Crippen LogP contribution >= 0.6 is 0 Å². The van der Waals surface area contributed by atoms with Gasteiger partial charge in [0.05, 0.1) is 13.2 Å². The summed E-state index contributed by atoms with van der Waals surface area (Å²) >= 11 is 0. The molecule has 6 nitrogen and oxygen atoms in total. The highest BCUT2D eigenvalue weighted by Gasteiger charge is 2.52. The average molecular weight is 499 g/mol. The van der Waals surface area contributed by atoms with Gasteiger partial charge in [0.2, 0.25) is 0 Å². The number of hydrogen-bond donors (Lipinski definition) is 0. The van der Waals surface area contributed by atoms with Crippen molar-refractivity contribution in [2.75, 3.05) is 13.7 Å². The highest BCUT2D eigenvalue weighted by atomic mass is 16.8. The van der Waals surface area contributed by atoms with E-state index < -0.39 is 30.9 Å². The normalized spacial score (nSPS) is 27.5. The van der Waals surface area contributed by atoms with Gasteiger partial charge in [-0.3, -0.25) is 0 Å². The molecule has 0 amide bonds. The lowest BCUT2D eigenvalue weighted by Crippen LogP contribution is -2.64. The van der Waals surface area contributed by atoms with Crippen molar-refractivity contribution in [3.8, 4) is 5.75 Å². The SMILES string of the molecule is CO[C@H]1O[C@@H]2COC(c3ccccc3)O[C@H]2[C@H](Oc2ccc3ccccc3c2)[C@H]1OCc1ccccc1. The summed E-state index contributed by atoms with van der Waals surface area (Å²) < 4.78 is 37.7. The molecule has 2 aliphatic heterocycles. The molecular weight excluding hydrogens is 468 g/mol. The van der Waals surface area contributed by atoms with Gasteiger partial charge in [-0.1, -0.05) is 91.0 Å². The van der Waals surface area contributed by atoms with Gasteiger partial charge in [0, 0.05) is 12.7 Å². The number of fused-ring (bicyclic) bond motifs is 2. The monoisotopic (exact) mass is 498 g/mol. The predicted octanol–water partition coefficient (Wildman–Crippen LogP) is 5.66. The molecule has 6 atom stereocenters. The van der Waals surface area contributed by atoms with Crippen molar-refractivity contribution in [3.63, 3.8) is 0 Å². The van der Waals surface area contributed by atoms with Gasteiger partial charge in [0.25, 0.3) is 0 Å². The lowest BCUT2D eigenvalue weighted by Gasteiger charge is -2.48. The summed E-state index contributed by atoms with van der Waals surface area (Å²) in [6.07, 6.45) is -3.00. The van der Waals surface area contributed by atoms with Gasteiger partial charge in [-0.25, -0.2) is 0 Å². The number of hydrogen-bond acceptors (Lipinski definition) is 6. The van der Waals surface area contributed by atoms with Crippen LogP contribution in [0.15, 0.2) is 103 Å². The first-order chi connectivity index (χ1) is 18.3. The zero-order valence-electron chi connectivity index (χ0n) is 20.6. The summed E-state index contributed by atoms with van der Waals surface area (Å²) in [5, 5.41) is 2.25. The molecule has 0 bridgehead atoms. The smallest absolute Gasteiger partial charge is 0.187 e. The van der Waals surface area contributed by atoms with Crippen LogP contribution < -0.4 is 4.74 Å². The first-order valence-corrected chi connectivity index (χ1v) is 12.6. The van der Waals surface area contributed by atoms with E-state index in [1.165, 1.54) is 0 Å². The quantitative estimate of drug-likeness (QED) is 0.328. The van der Waals surface area contributed by atoms with Crippen LogP contribution in [-0.4, -0.2) is 44.4 Å². The molecule has 6 heteroatoms. The molecule has 2 aliphatic rings. The van der Waals surface area contributed by atoms with E-state index in [0.29, 0.717) is 13.2 Å². The Balaban J connectivity index is 1.32. The second-order valence-corrected chi connectivity index (χ2v) is 9.31. The van der Waals surface area contributed by atoms with Crippen LogP contribution in [-0.2, 0) is 30.3 Å². The van der Waals surface area contributed by atoms with Crippen molar-refractivity contribution >= 4 is 10.8 Å². The highest BCUT2D eigenvalue weighted by molar-refractivity contribution is 5.83. The zero-order chi connectivity index (χ0) is 25.0. The summed E-state index contributed by atoms with van der Waals surface area (Å²) in [6.45, 7) is 0.745. The van der Waals surface area contributed by atoms with Crippen molar-refractivity contribution in [3.05, 3.63) is 114 Å². The summed E-state index contributed by atoms with van der Waals surface area (Å²) in [5.74, 6) is 0.735. The zero-order valence-corrected chi connectivity index (χ0v) is 20.6. The van der Waals surface area contributed by atoms with Crippen molar-refractivity contribution in [1.82, 2.24) is 0 Å². The maximum atomic E-state index is 6.68. The fourth-order valence-electron chi connectivity index (χ4n) is 4.99. The summed E-state index contributed by atoms with van der Waals surface area (Å²) in [5.41, 5.74) is 2.00. The van der Waals surface area contributed by atoms with Gasteiger partial charge < -0.3 is 28.4 Å². The maximum Gasteiger partial charge on any atom is 0.187 e. The van der Waals surface area contributed by atoms with Crippen molar-refractivity contribution in [2.45, 2.75) is 43.6 Å². The number of ether oxygens (including phenoxy) is 6. The molecule has 0 aromatic heterocycles. The largest absolute Gasteiger partial charge is 0.485 e. The van der Waals surface area contributed by atoms with E-state index in [2.05, 4.69) is 18.2 Å². The molecule has 37 heavy (non-hydrogen) atoms. The van der Waals surface area contributed by atoms with Gasteiger partial charge >= 0.3 is 0 Å². The van der Waals surface area contributed by atoms with Crippen molar-refractivity contribution in [2.24, 2.45) is 0 Å². The predicted molar refractivity (Wildman–Crippen MR) is 139 cm³/mol. The molecule has 2 saturated heterocycles. The first-order valence-electron chi connectivity index (χ1n) is 12.6. The molecule has 0 aliphatic carbocycles. The molecule has 6 rings (SSSR count). The fourth-order valence-corrected chi connectivity index (χ4v) is 4.99. The van der Waals surface area contributed by atoms with E-state index in [1.807, 2.05) is 84.9 Å². The highest BCUT2D eigenvalue weighted by Crippen LogP contribution is 2.37. The summed E-state index contributed by atoms with van der Waals surface area (Å²) in [4.78, 5) is 0. The number of benzene rings is 4. The Hall–Kier alpha value is -3.26. The van der Waals surface area contributed by atoms with Gasteiger partial charge in [0.1, 0.15) is 24.1 Å². The van der Waals surface area contributed by atoms with E-state index in [4.69, 9.17) is 28.4 Å². The Bertz CT molecular complexity index is 1290. The van der Waals surface area contributed by atoms with Crippen LogP contribution in [0, 0.1) is 0 Å². The Labute approximate surface area is 216 Å². The lowest BCUT2D eigenvalue weighted by molar-refractivity contribution is -0.360. The topological polar surface area (TPSA) is 55.4 Å². The third kappa shape index (κ3) is 5.25. The first kappa shape index (κ1) is 24.1. The minimum atomic E-state index is -0.643. The molecule has 2 heterocycles. The molecule has 0 saturated carbocycles. The van der Waals surface area contributed by atoms with E-state index >= 15 is 0 Å². The molecule has 0 N–H and O–H groups in total. The Morgan fingerprint density at radius 3 is 2.27 bits per heavy atom. The second-order valence-electron chi connectivity index (χ2n) is 9.31. The summed E-state index contributed by atoms with van der Waals surface area (Å²) in [6, 6.07) is 34.3. The van der Waals surface area contributed by atoms with Crippen LogP contribution in [0.4, 0.5) is 0 Å². The van der Waals surface area contributed by atoms with Gasteiger partial charge in [-0.2, -0.15) is 0 Å². The van der Waals surface area contributed by atoms with E-state index in [9.17, 15) is 0 Å². The standard InChI is InChI=1S/C31H30O6/c1-32-31-29(33-19-21-10-4-2-5-11-21)28(35-25-17-16-22-12-8-9-15-24(22)18-25)27-26(36-31)20-34-30(37-27)23-13-6-3-7-14-23/h2-18,26-31H,19-20H2,1H3/t26-,27-,28+,29-,30?,31+/m1/s1. The van der Waals surface area contributed by atoms with Crippen LogP contribution in [0.1, 0.15) is 17.4 Å². The van der Waals surface area contributed by atoms with Crippen LogP contribution in [0.2, 0.25) is 0 Å². The van der Waals surface area contributed by atoms with E-state index in [1.54, 1.807) is 7.11 Å². The van der Waals surface area contributed by atoms with Gasteiger partial charge in [0.15, 0.2) is 18.7 Å². The molecule has 0 radical (unpaired) electrons. The maximum absolute atomic E-state index is 6.68. The molecule has 4 aromatic rings. The van der Waals surface area contributed by atoms with Gasteiger partial charge in [-0.15, -0.1) is 0 Å². The van der Waals surface area contributed by atoms with Crippen molar-refractivity contribution < 1.29 is 28.4 Å². The van der Waals surface area contributed by atoms with Crippen molar-refractivity contribution in [1.29, 1.82) is 0 Å². The molecule has 190 valence electrons. The molecule has 0 spiro atoms. The average Bonchev–Trinajstić information content (AvgIpc) is 2.97. The number of methoxy groups -OCH3 is 1. The van der Waals surface area contributed by atoms with E-state index in [-0.39, 0.29) is 6.10 Å². The van der Waals surface area contributed by atoms with Gasteiger partial charge in [-0.05, 0) is 28.5 Å². The minimum Gasteiger partial charge on any atom is -0.485 e. The summed E-state index contributed by atoms with van der Waals surface area (Å²) in [7, 11) is 1.62. The molecular formula is C31H30O6. The molecule has 1 unspecified atom stereocenters. The third-order valence-electron chi connectivity index (χ3n) is 6.87. The third-order valence-corrected chi connectivity index (χ3v) is 6.87. The van der Waals surface area contributed by atoms with Crippen LogP contribution in [0.25, 0.3) is 10.8 Å². The second kappa shape index (κ2) is 11.0. The van der Waals surface area contributed by atoms with Crippen LogP contribution in [0.3, 0.4) is 0 Å². The number of rotatable bonds is 7. The molecule has 2 fully saturated rings. The minimum absolute atomic E-state index is 0.354. The lowest BCUT2D eigenvalue weighted by atomic mass is 9.97. The van der Waals surface area contributed by atoms with E-state index in [0.717, 1.165) is 27.6 Å². The fraction of sp³-hybridized carbons (Fsp3) is 0.290. The Morgan fingerprint density at radius 2 is 1.49 bits per heavy atom.